The van der Waals surface area contributed by atoms with Gasteiger partial charge in [0.15, 0.2) is 0 Å². The summed E-state index contributed by atoms with van der Waals surface area (Å²) in [6.45, 7) is 7.02. The molecule has 3 amide bonds. The number of aromatic amines is 1. The Morgan fingerprint density at radius 3 is 2.45 bits per heavy atom. The van der Waals surface area contributed by atoms with Gasteiger partial charge in [0, 0.05) is 34.0 Å². The molecule has 1 saturated carbocycles. The van der Waals surface area contributed by atoms with Crippen molar-refractivity contribution in [3.8, 4) is 0 Å². The van der Waals surface area contributed by atoms with Crippen molar-refractivity contribution in [2.24, 2.45) is 5.41 Å². The minimum Gasteiger partial charge on any atom is -0.351 e. The molecule has 3 aromatic rings. The van der Waals surface area contributed by atoms with E-state index in [0.29, 0.717) is 28.8 Å². The second-order valence-corrected chi connectivity index (χ2v) is 13.4. The number of nitrogens with zero attached hydrogens (tertiary/aromatic N) is 2. The third-order valence-corrected chi connectivity index (χ3v) is 9.39. The summed E-state index contributed by atoms with van der Waals surface area (Å²) < 4.78 is 0. The highest BCUT2D eigenvalue weighted by Gasteiger charge is 2.58. The van der Waals surface area contributed by atoms with E-state index in [4.69, 9.17) is 23.2 Å². The smallest absolute Gasteiger partial charge is 0.268 e. The SMILES string of the molecule is CC(C)(C)C(NC(=O)c1cc2ccccc2[nH]1)C(=O)N1C[C@@H]2C1CCCN2C(=O)C1(c2ccc(Cl)cc2Cl)CC1. The number of amides is 3. The lowest BCUT2D eigenvalue weighted by Crippen LogP contribution is -2.74. The normalized spacial score (nSPS) is 22.3. The second kappa shape index (κ2) is 9.81. The number of para-hydroxylation sites is 1. The predicted molar refractivity (Wildman–Crippen MR) is 157 cm³/mol. The minimum atomic E-state index is -0.707. The quantitative estimate of drug-likeness (QED) is 0.414. The lowest BCUT2D eigenvalue weighted by atomic mass is 9.80. The third kappa shape index (κ3) is 4.57. The molecule has 3 aliphatic rings. The van der Waals surface area contributed by atoms with Gasteiger partial charge in [-0.25, -0.2) is 0 Å². The molecule has 9 heteroatoms. The molecule has 2 N–H and O–H groups in total. The van der Waals surface area contributed by atoms with Crippen molar-refractivity contribution in [2.45, 2.75) is 70.0 Å². The molecule has 0 bridgehead atoms. The van der Waals surface area contributed by atoms with Gasteiger partial charge >= 0.3 is 0 Å². The van der Waals surface area contributed by atoms with Gasteiger partial charge in [0.05, 0.1) is 17.5 Å². The van der Waals surface area contributed by atoms with Crippen LogP contribution in [-0.4, -0.2) is 63.7 Å². The highest BCUT2D eigenvalue weighted by Crippen LogP contribution is 2.53. The maximum Gasteiger partial charge on any atom is 0.268 e. The zero-order chi connectivity index (χ0) is 28.4. The summed E-state index contributed by atoms with van der Waals surface area (Å²) in [5, 5.41) is 5.03. The van der Waals surface area contributed by atoms with Gasteiger partial charge in [-0.05, 0) is 60.9 Å². The Hall–Kier alpha value is -3.03. The first-order valence-electron chi connectivity index (χ1n) is 14.0. The number of piperidine rings is 1. The van der Waals surface area contributed by atoms with Crippen LogP contribution in [-0.2, 0) is 15.0 Å². The summed E-state index contributed by atoms with van der Waals surface area (Å²) in [6.07, 6.45) is 3.18. The van der Waals surface area contributed by atoms with E-state index >= 15 is 0 Å². The summed E-state index contributed by atoms with van der Waals surface area (Å²) in [7, 11) is 0. The molecule has 7 nitrogen and oxygen atoms in total. The Labute approximate surface area is 244 Å². The van der Waals surface area contributed by atoms with E-state index in [0.717, 1.165) is 42.1 Å². The fourth-order valence-corrected chi connectivity index (χ4v) is 7.01. The summed E-state index contributed by atoms with van der Waals surface area (Å²) >= 11 is 12.6. The number of fused-ring (bicyclic) bond motifs is 2. The van der Waals surface area contributed by atoms with Crippen molar-refractivity contribution < 1.29 is 14.4 Å². The highest BCUT2D eigenvalue weighted by atomic mass is 35.5. The van der Waals surface area contributed by atoms with Gasteiger partial charge in [-0.3, -0.25) is 14.4 Å². The van der Waals surface area contributed by atoms with Crippen LogP contribution in [0.15, 0.2) is 48.5 Å². The zero-order valence-electron chi connectivity index (χ0n) is 23.0. The number of aromatic nitrogens is 1. The molecule has 2 saturated heterocycles. The lowest BCUT2D eigenvalue weighted by Gasteiger charge is -2.57. The van der Waals surface area contributed by atoms with Crippen LogP contribution in [0.3, 0.4) is 0 Å². The topological polar surface area (TPSA) is 85.5 Å². The Morgan fingerprint density at radius 1 is 1.02 bits per heavy atom. The minimum absolute atomic E-state index is 0.0289. The van der Waals surface area contributed by atoms with Crippen LogP contribution in [0, 0.1) is 5.41 Å². The number of H-pyrrole nitrogens is 1. The number of carbonyl (C=O) groups is 3. The first-order chi connectivity index (χ1) is 19.0. The molecule has 2 aromatic carbocycles. The zero-order valence-corrected chi connectivity index (χ0v) is 24.5. The predicted octanol–water partition coefficient (Wildman–Crippen LogP) is 5.55. The first-order valence-corrected chi connectivity index (χ1v) is 14.7. The Kier molecular flexibility index (Phi) is 6.66. The van der Waals surface area contributed by atoms with Gasteiger partial charge < -0.3 is 20.1 Å². The number of hydrogen-bond donors (Lipinski definition) is 2. The van der Waals surface area contributed by atoms with E-state index < -0.39 is 16.9 Å². The van der Waals surface area contributed by atoms with E-state index in [2.05, 4.69) is 10.3 Å². The molecule has 40 heavy (non-hydrogen) atoms. The molecule has 2 unspecified atom stereocenters. The van der Waals surface area contributed by atoms with E-state index in [1.165, 1.54) is 0 Å². The van der Waals surface area contributed by atoms with Crippen LogP contribution in [0.2, 0.25) is 10.0 Å². The summed E-state index contributed by atoms with van der Waals surface area (Å²) in [6, 6.07) is 14.1. The molecule has 1 aromatic heterocycles. The van der Waals surface area contributed by atoms with Gasteiger partial charge in [-0.2, -0.15) is 0 Å². The Bertz CT molecular complexity index is 1470. The van der Waals surface area contributed by atoms with E-state index in [1.807, 2.05) is 60.9 Å². The second-order valence-electron chi connectivity index (χ2n) is 12.5. The maximum atomic E-state index is 13.9. The average molecular weight is 582 g/mol. The van der Waals surface area contributed by atoms with Gasteiger partial charge in [0.1, 0.15) is 11.7 Å². The molecule has 6 rings (SSSR count). The summed E-state index contributed by atoms with van der Waals surface area (Å²) in [5.74, 6) is -0.315. The average Bonchev–Trinajstić information content (AvgIpc) is 3.57. The number of rotatable bonds is 5. The molecular formula is C31H34Cl2N4O3. The van der Waals surface area contributed by atoms with Crippen molar-refractivity contribution in [2.75, 3.05) is 13.1 Å². The number of carbonyl (C=O) groups excluding carboxylic acids is 3. The van der Waals surface area contributed by atoms with Crippen molar-refractivity contribution in [1.29, 1.82) is 0 Å². The van der Waals surface area contributed by atoms with Crippen molar-refractivity contribution >= 4 is 51.8 Å². The maximum absolute atomic E-state index is 13.9. The number of likely N-dealkylation sites (tertiary alicyclic amines) is 2. The number of hydrogen-bond acceptors (Lipinski definition) is 3. The Morgan fingerprint density at radius 2 is 1.77 bits per heavy atom. The van der Waals surface area contributed by atoms with Crippen LogP contribution < -0.4 is 5.32 Å². The number of benzene rings is 2. The molecule has 210 valence electrons. The van der Waals surface area contributed by atoms with Crippen LogP contribution in [0.1, 0.15) is 62.5 Å². The van der Waals surface area contributed by atoms with Crippen molar-refractivity contribution in [1.82, 2.24) is 20.1 Å². The largest absolute Gasteiger partial charge is 0.351 e. The standard InChI is InChI=1S/C31H34Cl2N4O3/c1-30(2,3)26(35-27(38)23-15-18-7-4-5-8-22(18)34-23)28(39)37-17-25-24(37)9-6-14-36(25)29(40)31(12-13-31)20-11-10-19(32)16-21(20)33/h4-5,7-8,10-11,15-16,24-26,34H,6,9,12-14,17H2,1-3H3,(H,35,38)/t24?,25-,26?/m1/s1. The number of nitrogens with one attached hydrogen (secondary N) is 2. The van der Waals surface area contributed by atoms with Gasteiger partial charge in [-0.1, -0.05) is 68.2 Å². The van der Waals surface area contributed by atoms with E-state index in [9.17, 15) is 14.4 Å². The monoisotopic (exact) mass is 580 g/mol. The lowest BCUT2D eigenvalue weighted by molar-refractivity contribution is -0.162. The molecular weight excluding hydrogens is 547 g/mol. The van der Waals surface area contributed by atoms with E-state index in [-0.39, 0.29) is 29.8 Å². The van der Waals surface area contributed by atoms with Crippen LogP contribution in [0.25, 0.3) is 10.9 Å². The molecule has 0 spiro atoms. The Balaban J connectivity index is 1.18. The fraction of sp³-hybridized carbons (Fsp3) is 0.452. The van der Waals surface area contributed by atoms with Gasteiger partial charge in [0.2, 0.25) is 11.8 Å². The van der Waals surface area contributed by atoms with Crippen molar-refractivity contribution in [3.63, 3.8) is 0 Å². The summed E-state index contributed by atoms with van der Waals surface area (Å²) in [5.41, 5.74) is 1.03. The first kappa shape index (κ1) is 27.2. The molecule has 3 atom stereocenters. The molecule has 3 heterocycles. The highest BCUT2D eigenvalue weighted by molar-refractivity contribution is 6.35. The summed E-state index contributed by atoms with van der Waals surface area (Å²) in [4.78, 5) is 48.1. The number of halogens is 2. The molecule has 3 fully saturated rings. The van der Waals surface area contributed by atoms with Crippen LogP contribution in [0.4, 0.5) is 0 Å². The van der Waals surface area contributed by atoms with Crippen molar-refractivity contribution in [3.05, 3.63) is 69.8 Å². The van der Waals surface area contributed by atoms with Gasteiger partial charge in [0.25, 0.3) is 5.91 Å². The third-order valence-electron chi connectivity index (χ3n) is 8.84. The van der Waals surface area contributed by atoms with Crippen LogP contribution in [0.5, 0.6) is 0 Å². The van der Waals surface area contributed by atoms with E-state index in [1.54, 1.807) is 18.2 Å². The van der Waals surface area contributed by atoms with Crippen LogP contribution >= 0.6 is 23.2 Å². The fourth-order valence-electron chi connectivity index (χ4n) is 6.42. The molecule has 2 aliphatic heterocycles. The molecule has 0 radical (unpaired) electrons. The van der Waals surface area contributed by atoms with Gasteiger partial charge in [-0.15, -0.1) is 0 Å². The molecule has 1 aliphatic carbocycles.